The summed E-state index contributed by atoms with van der Waals surface area (Å²) in [6.45, 7) is 8.20. The number of aromatic nitrogens is 3. The number of nitrogens with zero attached hydrogens (tertiary/aromatic N) is 4. The fraction of sp³-hybridized carbons (Fsp3) is 0.306. The molecule has 2 bridgehead atoms. The van der Waals surface area contributed by atoms with Gasteiger partial charge in [-0.25, -0.2) is 13.8 Å². The van der Waals surface area contributed by atoms with Gasteiger partial charge in [0, 0.05) is 52.1 Å². The fourth-order valence-electron chi connectivity index (χ4n) is 6.31. The second-order valence-electron chi connectivity index (χ2n) is 11.6. The molecule has 1 atom stereocenters. The van der Waals surface area contributed by atoms with Crippen LogP contribution < -0.4 is 9.47 Å². The van der Waals surface area contributed by atoms with Gasteiger partial charge in [-0.1, -0.05) is 6.58 Å². The predicted molar refractivity (Wildman–Crippen MR) is 178 cm³/mol. The van der Waals surface area contributed by atoms with Gasteiger partial charge in [0.15, 0.2) is 0 Å². The molecule has 0 saturated heterocycles. The van der Waals surface area contributed by atoms with Crippen LogP contribution in [0.15, 0.2) is 66.6 Å². The van der Waals surface area contributed by atoms with Crippen LogP contribution in [-0.2, 0) is 16.1 Å². The third kappa shape index (κ3) is 6.01. The largest absolute Gasteiger partial charge is 0.493 e. The summed E-state index contributed by atoms with van der Waals surface area (Å²) in [7, 11) is 0. The van der Waals surface area contributed by atoms with Crippen molar-refractivity contribution in [1.82, 2.24) is 19.7 Å². The Bertz CT molecular complexity index is 1970. The maximum Gasteiger partial charge on any atom is 0.246 e. The molecule has 0 saturated carbocycles. The van der Waals surface area contributed by atoms with Crippen LogP contribution in [-0.4, -0.2) is 58.5 Å². The van der Waals surface area contributed by atoms with E-state index >= 15 is 0 Å². The average molecular weight is 657 g/mol. The van der Waals surface area contributed by atoms with Gasteiger partial charge >= 0.3 is 0 Å². The lowest BCUT2D eigenvalue weighted by Crippen LogP contribution is -2.40. The van der Waals surface area contributed by atoms with Gasteiger partial charge in [0.05, 0.1) is 37.2 Å². The van der Waals surface area contributed by atoms with E-state index in [0.29, 0.717) is 72.6 Å². The van der Waals surface area contributed by atoms with Crippen molar-refractivity contribution < 1.29 is 27.8 Å². The van der Waals surface area contributed by atoms with Crippen LogP contribution in [0.4, 0.5) is 8.78 Å². The molecule has 2 aromatic carbocycles. The molecule has 7 rings (SSSR count). The Hall–Kier alpha value is -4.61. The highest BCUT2D eigenvalue weighted by atomic mass is 32.1. The zero-order valence-electron chi connectivity index (χ0n) is 26.0. The van der Waals surface area contributed by atoms with E-state index in [1.165, 1.54) is 41.7 Å². The van der Waals surface area contributed by atoms with Gasteiger partial charge in [-0.3, -0.25) is 9.48 Å². The van der Waals surface area contributed by atoms with Crippen LogP contribution in [0.25, 0.3) is 43.9 Å². The molecule has 1 amide bonds. The second kappa shape index (κ2) is 13.2. The van der Waals surface area contributed by atoms with Gasteiger partial charge in [0.25, 0.3) is 0 Å². The zero-order chi connectivity index (χ0) is 32.5. The number of thiophene rings is 1. The number of fused-ring (bicyclic) bond motifs is 5. The topological polar surface area (TPSA) is 78.7 Å². The summed E-state index contributed by atoms with van der Waals surface area (Å²) in [6.07, 6.45) is 3.83. The van der Waals surface area contributed by atoms with E-state index in [9.17, 15) is 13.6 Å². The lowest BCUT2D eigenvalue weighted by molar-refractivity contribution is -0.129. The molecule has 0 radical (unpaired) electrons. The summed E-state index contributed by atoms with van der Waals surface area (Å²) in [6, 6.07) is 12.7. The molecule has 0 N–H and O–H groups in total. The Labute approximate surface area is 275 Å². The van der Waals surface area contributed by atoms with E-state index in [4.69, 9.17) is 24.3 Å². The lowest BCUT2D eigenvalue weighted by Gasteiger charge is -2.33. The lowest BCUT2D eigenvalue weighted by atomic mass is 9.96. The average Bonchev–Trinajstić information content (AvgIpc) is 3.74. The molecule has 0 aliphatic carbocycles. The maximum atomic E-state index is 14.7. The first-order valence-electron chi connectivity index (χ1n) is 15.8. The minimum absolute atomic E-state index is 0.145. The van der Waals surface area contributed by atoms with E-state index < -0.39 is 11.6 Å². The number of hydrogen-bond donors (Lipinski definition) is 0. The number of ether oxygens (including phenoxy) is 3. The van der Waals surface area contributed by atoms with Crippen molar-refractivity contribution in [3.8, 4) is 45.3 Å². The van der Waals surface area contributed by atoms with Crippen molar-refractivity contribution in [1.29, 1.82) is 0 Å². The van der Waals surface area contributed by atoms with Crippen molar-refractivity contribution >= 4 is 27.3 Å². The quantitative estimate of drug-likeness (QED) is 0.180. The molecule has 8 nitrogen and oxygen atoms in total. The van der Waals surface area contributed by atoms with Crippen LogP contribution >= 0.6 is 11.3 Å². The predicted octanol–water partition coefficient (Wildman–Crippen LogP) is 7.82. The Kier molecular flexibility index (Phi) is 8.74. The molecule has 0 unspecified atom stereocenters. The van der Waals surface area contributed by atoms with Crippen LogP contribution in [0, 0.1) is 11.6 Å². The van der Waals surface area contributed by atoms with Crippen LogP contribution in [0.2, 0.25) is 0 Å². The highest BCUT2D eigenvalue weighted by molar-refractivity contribution is 7.18. The summed E-state index contributed by atoms with van der Waals surface area (Å²) in [5.74, 6) is -0.200. The number of carbonyl (C=O) groups excluding carboxylic acids is 1. The molecular weight excluding hydrogens is 622 g/mol. The summed E-state index contributed by atoms with van der Waals surface area (Å²) < 4.78 is 50.3. The molecule has 0 spiro atoms. The Morgan fingerprint density at radius 2 is 1.66 bits per heavy atom. The Morgan fingerprint density at radius 3 is 2.47 bits per heavy atom. The molecule has 11 heteroatoms. The van der Waals surface area contributed by atoms with Gasteiger partial charge in [-0.2, -0.15) is 5.10 Å². The van der Waals surface area contributed by atoms with Gasteiger partial charge in [-0.15, -0.1) is 11.3 Å². The first-order chi connectivity index (χ1) is 22.9. The van der Waals surface area contributed by atoms with Crippen LogP contribution in [0.3, 0.4) is 0 Å². The number of pyridine rings is 1. The molecular formula is C36H34F2N4O4S. The standard InChI is InChI=1S/C36H34F2N4O4S/c1-3-32(43)41-12-13-42-29(22(41)2)21-28(40-42)35-33-25-9-7-23(37)19-30(25)46-17-16-44-14-5-4-6-15-45-31-20-24(38)8-10-26(31)34(39-35)27-11-18-47-36(27)33/h3,7-11,18-22H,1,4-6,12-17H2,2H3/t22-/m1/s1. The number of rotatable bonds is 2. The summed E-state index contributed by atoms with van der Waals surface area (Å²) in [4.78, 5) is 19.7. The number of amides is 1. The van der Waals surface area contributed by atoms with Crippen molar-refractivity contribution in [3.05, 3.63) is 83.9 Å². The normalized spacial score (nSPS) is 17.1. The molecule has 5 aromatic rings. The molecule has 242 valence electrons. The molecule has 5 heterocycles. The van der Waals surface area contributed by atoms with E-state index in [2.05, 4.69) is 6.58 Å². The SMILES string of the molecule is C=CC(=O)N1CCn2nc(-c3nc4c5ccsc5c3-c3ccc(F)cc3OCCOCCCCCOc3cc(F)ccc3-4)cc2[C@H]1C. The Morgan fingerprint density at radius 1 is 0.915 bits per heavy atom. The van der Waals surface area contributed by atoms with Crippen LogP contribution in [0.1, 0.15) is 37.9 Å². The van der Waals surface area contributed by atoms with Gasteiger partial charge < -0.3 is 19.1 Å². The van der Waals surface area contributed by atoms with E-state index in [-0.39, 0.29) is 18.6 Å². The van der Waals surface area contributed by atoms with Crippen molar-refractivity contribution in [3.63, 3.8) is 0 Å². The highest BCUT2D eigenvalue weighted by Gasteiger charge is 2.31. The molecule has 0 fully saturated rings. The first-order valence-corrected chi connectivity index (χ1v) is 16.7. The zero-order valence-corrected chi connectivity index (χ0v) is 26.8. The van der Waals surface area contributed by atoms with E-state index in [1.54, 1.807) is 17.0 Å². The van der Waals surface area contributed by atoms with Gasteiger partial charge in [0.1, 0.15) is 41.1 Å². The summed E-state index contributed by atoms with van der Waals surface area (Å²) in [5, 5.41) is 7.82. The minimum Gasteiger partial charge on any atom is -0.493 e. The number of halogens is 2. The third-order valence-corrected chi connectivity index (χ3v) is 9.59. The molecule has 2 aliphatic rings. The first kappa shape index (κ1) is 31.0. The molecule has 47 heavy (non-hydrogen) atoms. The van der Waals surface area contributed by atoms with Gasteiger partial charge in [0.2, 0.25) is 5.91 Å². The number of benzene rings is 2. The monoisotopic (exact) mass is 656 g/mol. The highest BCUT2D eigenvalue weighted by Crippen LogP contribution is 2.47. The van der Waals surface area contributed by atoms with Crippen molar-refractivity contribution in [2.75, 3.05) is 33.0 Å². The van der Waals surface area contributed by atoms with Crippen molar-refractivity contribution in [2.45, 2.75) is 38.8 Å². The van der Waals surface area contributed by atoms with Crippen molar-refractivity contribution in [2.24, 2.45) is 0 Å². The summed E-state index contributed by atoms with van der Waals surface area (Å²) >= 11 is 1.52. The second-order valence-corrected chi connectivity index (χ2v) is 12.5. The maximum absolute atomic E-state index is 14.7. The smallest absolute Gasteiger partial charge is 0.246 e. The van der Waals surface area contributed by atoms with E-state index in [0.717, 1.165) is 40.6 Å². The Balaban J connectivity index is 1.48. The van der Waals surface area contributed by atoms with E-state index in [1.807, 2.05) is 29.1 Å². The molecule has 3 aromatic heterocycles. The minimum atomic E-state index is -0.424. The van der Waals surface area contributed by atoms with Gasteiger partial charge in [-0.05, 0) is 74.0 Å². The number of carbonyl (C=O) groups is 1. The fourth-order valence-corrected chi connectivity index (χ4v) is 7.27. The van der Waals surface area contributed by atoms with Crippen LogP contribution in [0.5, 0.6) is 11.5 Å². The number of hydrogen-bond acceptors (Lipinski definition) is 7. The third-order valence-electron chi connectivity index (χ3n) is 8.66. The summed E-state index contributed by atoms with van der Waals surface area (Å²) in [5.41, 5.74) is 4.67. The molecule has 2 aliphatic heterocycles.